The Morgan fingerprint density at radius 2 is 1.92 bits per heavy atom. The number of nitrogens with two attached hydrogens (primary N) is 1. The van der Waals surface area contributed by atoms with Gasteiger partial charge in [-0.25, -0.2) is 9.78 Å². The molecule has 1 heterocycles. The molecule has 0 amide bonds. The van der Waals surface area contributed by atoms with E-state index >= 15 is 0 Å². The zero-order valence-electron chi connectivity index (χ0n) is 13.4. The van der Waals surface area contributed by atoms with Crippen LogP contribution in [0.25, 0.3) is 17.1 Å². The molecule has 1 aromatic heterocycles. The lowest BCUT2D eigenvalue weighted by molar-refractivity contribution is 0.0520. The number of carbonyl (C=O) groups is 1. The minimum atomic E-state index is -0.497. The van der Waals surface area contributed by atoms with Crippen molar-refractivity contribution >= 4 is 34.9 Å². The Morgan fingerprint density at radius 3 is 2.56 bits per heavy atom. The fraction of sp³-hybridized carbons (Fsp3) is 0.111. The average molecular weight is 376 g/mol. The molecule has 2 aromatic carbocycles. The van der Waals surface area contributed by atoms with E-state index in [9.17, 15) is 4.79 Å². The van der Waals surface area contributed by atoms with E-state index in [1.165, 1.54) is 0 Å². The molecular weight excluding hydrogens is 361 g/mol. The molecule has 2 N–H and O–H groups in total. The molecule has 0 atom stereocenters. The Kier molecular flexibility index (Phi) is 4.97. The minimum absolute atomic E-state index is 0.194. The molecule has 25 heavy (non-hydrogen) atoms. The van der Waals surface area contributed by atoms with Crippen LogP contribution in [0.1, 0.15) is 17.4 Å². The number of aromatic nitrogens is 2. The van der Waals surface area contributed by atoms with E-state index in [-0.39, 0.29) is 12.3 Å². The van der Waals surface area contributed by atoms with Crippen LogP contribution < -0.4 is 5.73 Å². The molecule has 0 aliphatic heterocycles. The fourth-order valence-corrected chi connectivity index (χ4v) is 2.88. The first-order valence-electron chi connectivity index (χ1n) is 7.57. The summed E-state index contributed by atoms with van der Waals surface area (Å²) >= 11 is 12.3. The molecule has 0 aliphatic carbocycles. The van der Waals surface area contributed by atoms with Gasteiger partial charge in [-0.3, -0.25) is 4.57 Å². The number of ether oxygens (including phenoxy) is 1. The molecule has 0 saturated carbocycles. The lowest BCUT2D eigenvalue weighted by Gasteiger charge is -2.10. The van der Waals surface area contributed by atoms with Gasteiger partial charge in [0.15, 0.2) is 5.69 Å². The molecule has 0 saturated heterocycles. The number of rotatable bonds is 4. The van der Waals surface area contributed by atoms with Gasteiger partial charge in [0.05, 0.1) is 17.3 Å². The first-order valence-corrected chi connectivity index (χ1v) is 8.33. The first-order chi connectivity index (χ1) is 12.0. The molecule has 0 bridgehead atoms. The van der Waals surface area contributed by atoms with E-state index in [2.05, 4.69) is 4.98 Å². The number of hydrogen-bond acceptors (Lipinski definition) is 4. The lowest BCUT2D eigenvalue weighted by atomic mass is 10.2. The third-order valence-electron chi connectivity index (χ3n) is 3.53. The topological polar surface area (TPSA) is 70.1 Å². The van der Waals surface area contributed by atoms with Gasteiger partial charge in [0.2, 0.25) is 0 Å². The molecular formula is C18H15Cl2N3O2. The smallest absolute Gasteiger partial charge is 0.358 e. The molecule has 3 rings (SSSR count). The van der Waals surface area contributed by atoms with E-state index < -0.39 is 5.97 Å². The predicted molar refractivity (Wildman–Crippen MR) is 99.4 cm³/mol. The third kappa shape index (κ3) is 3.62. The quantitative estimate of drug-likeness (QED) is 0.534. The predicted octanol–water partition coefficient (Wildman–Crippen LogP) is 4.61. The highest BCUT2D eigenvalue weighted by molar-refractivity contribution is 6.35. The highest BCUT2D eigenvalue weighted by Gasteiger charge is 2.19. The molecule has 0 spiro atoms. The number of anilines is 1. The maximum Gasteiger partial charge on any atom is 0.358 e. The number of halogens is 2. The van der Waals surface area contributed by atoms with Crippen molar-refractivity contribution in [3.05, 3.63) is 64.4 Å². The zero-order chi connectivity index (χ0) is 18.0. The van der Waals surface area contributed by atoms with Crippen molar-refractivity contribution in [1.82, 2.24) is 9.55 Å². The molecule has 0 unspecified atom stereocenters. The van der Waals surface area contributed by atoms with Gasteiger partial charge in [0.1, 0.15) is 5.82 Å². The normalized spacial score (nSPS) is 10.7. The average Bonchev–Trinajstić information content (AvgIpc) is 3.01. The van der Waals surface area contributed by atoms with Crippen molar-refractivity contribution in [2.75, 3.05) is 12.3 Å². The Morgan fingerprint density at radius 1 is 1.20 bits per heavy atom. The summed E-state index contributed by atoms with van der Waals surface area (Å²) in [5, 5.41) is 0.963. The SMILES string of the molecule is CCOC(=O)c1cn(-c2ccc(Cl)cc2Cl)c(-c2ccc(N)cc2)n1. The zero-order valence-corrected chi connectivity index (χ0v) is 14.9. The molecule has 7 heteroatoms. The summed E-state index contributed by atoms with van der Waals surface area (Å²) in [6.07, 6.45) is 1.60. The second kappa shape index (κ2) is 7.17. The van der Waals surface area contributed by atoms with Crippen LogP contribution in [-0.2, 0) is 4.74 Å². The van der Waals surface area contributed by atoms with Crippen molar-refractivity contribution in [3.8, 4) is 17.1 Å². The highest BCUT2D eigenvalue weighted by Crippen LogP contribution is 2.30. The van der Waals surface area contributed by atoms with Crippen LogP contribution in [0, 0.1) is 0 Å². The summed E-state index contributed by atoms with van der Waals surface area (Å²) in [4.78, 5) is 16.5. The summed E-state index contributed by atoms with van der Waals surface area (Å²) in [7, 11) is 0. The molecule has 0 radical (unpaired) electrons. The number of esters is 1. The molecule has 128 valence electrons. The highest BCUT2D eigenvalue weighted by atomic mass is 35.5. The van der Waals surface area contributed by atoms with Gasteiger partial charge in [0, 0.05) is 22.5 Å². The van der Waals surface area contributed by atoms with E-state index in [4.69, 9.17) is 33.7 Å². The van der Waals surface area contributed by atoms with Crippen molar-refractivity contribution < 1.29 is 9.53 Å². The van der Waals surface area contributed by atoms with Crippen LogP contribution in [0.15, 0.2) is 48.7 Å². The molecule has 0 fully saturated rings. The van der Waals surface area contributed by atoms with Gasteiger partial charge in [-0.15, -0.1) is 0 Å². The van der Waals surface area contributed by atoms with Crippen LogP contribution in [0.4, 0.5) is 5.69 Å². The van der Waals surface area contributed by atoms with Crippen molar-refractivity contribution in [3.63, 3.8) is 0 Å². The number of nitrogens with zero attached hydrogens (tertiary/aromatic N) is 2. The second-order valence-corrected chi connectivity index (χ2v) is 6.10. The largest absolute Gasteiger partial charge is 0.461 e. The van der Waals surface area contributed by atoms with Gasteiger partial charge in [-0.05, 0) is 49.4 Å². The number of hydrogen-bond donors (Lipinski definition) is 1. The van der Waals surface area contributed by atoms with Gasteiger partial charge in [-0.2, -0.15) is 0 Å². The van der Waals surface area contributed by atoms with Crippen LogP contribution in [0.5, 0.6) is 0 Å². The standard InChI is InChI=1S/C18H15Cl2N3O2/c1-2-25-18(24)15-10-23(16-8-5-12(19)9-14(16)20)17(22-15)11-3-6-13(21)7-4-11/h3-10H,2,21H2,1H3. The number of nitrogen functional groups attached to an aromatic ring is 1. The maximum atomic E-state index is 12.1. The Balaban J connectivity index is 2.17. The molecule has 5 nitrogen and oxygen atoms in total. The van der Waals surface area contributed by atoms with Crippen molar-refractivity contribution in [2.45, 2.75) is 6.92 Å². The van der Waals surface area contributed by atoms with Crippen molar-refractivity contribution in [2.24, 2.45) is 0 Å². The van der Waals surface area contributed by atoms with E-state index in [0.717, 1.165) is 5.56 Å². The van der Waals surface area contributed by atoms with Gasteiger partial charge in [-0.1, -0.05) is 23.2 Å². The monoisotopic (exact) mass is 375 g/mol. The summed E-state index contributed by atoms with van der Waals surface area (Å²) < 4.78 is 6.78. The lowest BCUT2D eigenvalue weighted by Crippen LogP contribution is -2.04. The van der Waals surface area contributed by atoms with Gasteiger partial charge < -0.3 is 10.5 Å². The van der Waals surface area contributed by atoms with Gasteiger partial charge >= 0.3 is 5.97 Å². The molecule has 0 aliphatic rings. The number of carbonyl (C=O) groups excluding carboxylic acids is 1. The second-order valence-electron chi connectivity index (χ2n) is 5.26. The number of benzene rings is 2. The Hall–Kier alpha value is -2.50. The van der Waals surface area contributed by atoms with E-state index in [0.29, 0.717) is 27.2 Å². The maximum absolute atomic E-state index is 12.1. The summed E-state index contributed by atoms with van der Waals surface area (Å²) in [6.45, 7) is 2.01. The molecule has 3 aromatic rings. The van der Waals surface area contributed by atoms with E-state index in [1.54, 1.807) is 48.0 Å². The Labute approximate surface area is 155 Å². The van der Waals surface area contributed by atoms with Crippen LogP contribution in [0.2, 0.25) is 10.0 Å². The minimum Gasteiger partial charge on any atom is -0.461 e. The van der Waals surface area contributed by atoms with Crippen LogP contribution in [-0.4, -0.2) is 22.1 Å². The fourth-order valence-electron chi connectivity index (χ4n) is 2.38. The first kappa shape index (κ1) is 17.3. The van der Waals surface area contributed by atoms with Crippen LogP contribution >= 0.6 is 23.2 Å². The van der Waals surface area contributed by atoms with E-state index in [1.807, 2.05) is 12.1 Å². The summed E-state index contributed by atoms with van der Waals surface area (Å²) in [5.74, 6) is 0.0512. The van der Waals surface area contributed by atoms with Crippen molar-refractivity contribution in [1.29, 1.82) is 0 Å². The number of imidazole rings is 1. The van der Waals surface area contributed by atoms with Gasteiger partial charge in [0.25, 0.3) is 0 Å². The third-order valence-corrected chi connectivity index (χ3v) is 4.07. The summed E-state index contributed by atoms with van der Waals surface area (Å²) in [5.41, 5.74) is 8.02. The Bertz CT molecular complexity index is 921. The summed E-state index contributed by atoms with van der Waals surface area (Å²) in [6, 6.07) is 12.3. The van der Waals surface area contributed by atoms with Crippen LogP contribution in [0.3, 0.4) is 0 Å².